The highest BCUT2D eigenvalue weighted by molar-refractivity contribution is 5.92. The quantitative estimate of drug-likeness (QED) is 0.763. The van der Waals surface area contributed by atoms with Gasteiger partial charge in [0.05, 0.1) is 6.54 Å². The molecule has 6 heteroatoms. The number of amides is 1. The molecule has 0 atom stereocenters. The van der Waals surface area contributed by atoms with E-state index in [-0.39, 0.29) is 5.91 Å². The molecule has 0 radical (unpaired) electrons. The van der Waals surface area contributed by atoms with E-state index in [1.807, 2.05) is 19.3 Å². The highest BCUT2D eigenvalue weighted by Crippen LogP contribution is 2.05. The van der Waals surface area contributed by atoms with Crippen LogP contribution >= 0.6 is 0 Å². The van der Waals surface area contributed by atoms with Crippen molar-refractivity contribution in [1.82, 2.24) is 19.6 Å². The number of carbonyl (C=O) groups excluding carboxylic acids is 1. The summed E-state index contributed by atoms with van der Waals surface area (Å²) >= 11 is 0. The first kappa shape index (κ1) is 10.4. The van der Waals surface area contributed by atoms with Crippen molar-refractivity contribution in [2.24, 2.45) is 7.05 Å². The highest BCUT2D eigenvalue weighted by atomic mass is 16.5. The average molecular weight is 220 g/mol. The third-order valence-electron chi connectivity index (χ3n) is 2.30. The van der Waals surface area contributed by atoms with Crippen LogP contribution < -0.4 is 0 Å². The van der Waals surface area contributed by atoms with E-state index in [2.05, 4.69) is 14.7 Å². The lowest BCUT2D eigenvalue weighted by atomic mass is 10.3. The second-order valence-corrected chi connectivity index (χ2v) is 3.51. The highest BCUT2D eigenvalue weighted by Gasteiger charge is 2.15. The maximum absolute atomic E-state index is 12.0. The molecule has 2 rings (SSSR count). The summed E-state index contributed by atoms with van der Waals surface area (Å²) in [5.74, 6) is 0.419. The molecule has 16 heavy (non-hydrogen) atoms. The molecule has 0 aliphatic heterocycles. The van der Waals surface area contributed by atoms with Crippen LogP contribution in [0.5, 0.6) is 0 Å². The Bertz CT molecular complexity index is 475. The lowest BCUT2D eigenvalue weighted by Crippen LogP contribution is -2.28. The number of rotatable bonds is 3. The van der Waals surface area contributed by atoms with Gasteiger partial charge in [-0.1, -0.05) is 5.16 Å². The van der Waals surface area contributed by atoms with Gasteiger partial charge in [-0.3, -0.25) is 4.79 Å². The third-order valence-corrected chi connectivity index (χ3v) is 2.30. The van der Waals surface area contributed by atoms with Crippen LogP contribution in [0.3, 0.4) is 0 Å². The van der Waals surface area contributed by atoms with Crippen molar-refractivity contribution in [2.75, 3.05) is 7.05 Å². The Morgan fingerprint density at radius 1 is 1.62 bits per heavy atom. The van der Waals surface area contributed by atoms with Gasteiger partial charge in [0.1, 0.15) is 5.69 Å². The molecule has 0 fully saturated rings. The summed E-state index contributed by atoms with van der Waals surface area (Å²) in [4.78, 5) is 17.4. The van der Waals surface area contributed by atoms with E-state index >= 15 is 0 Å². The smallest absolute Gasteiger partial charge is 0.270 e. The van der Waals surface area contributed by atoms with E-state index in [0.29, 0.717) is 18.1 Å². The molecule has 2 aromatic rings. The Morgan fingerprint density at radius 3 is 3.00 bits per heavy atom. The number of carbonyl (C=O) groups is 1. The zero-order chi connectivity index (χ0) is 11.5. The normalized spacial score (nSPS) is 10.4. The van der Waals surface area contributed by atoms with Gasteiger partial charge in [-0.15, -0.1) is 0 Å². The van der Waals surface area contributed by atoms with Crippen LogP contribution in [0.2, 0.25) is 0 Å². The summed E-state index contributed by atoms with van der Waals surface area (Å²) in [6.45, 7) is 0.334. The predicted octanol–water partition coefficient (Wildman–Crippen LogP) is 0.680. The molecule has 84 valence electrons. The van der Waals surface area contributed by atoms with Crippen LogP contribution in [0, 0.1) is 0 Å². The topological polar surface area (TPSA) is 64.2 Å². The fraction of sp³-hybridized carbons (Fsp3) is 0.300. The average Bonchev–Trinajstić information content (AvgIpc) is 2.88. The number of nitrogens with zero attached hydrogens (tertiary/aromatic N) is 4. The van der Waals surface area contributed by atoms with Crippen molar-refractivity contribution in [3.63, 3.8) is 0 Å². The van der Waals surface area contributed by atoms with Gasteiger partial charge in [0.2, 0.25) is 6.39 Å². The van der Waals surface area contributed by atoms with Crippen LogP contribution in [-0.4, -0.2) is 32.6 Å². The molecule has 0 N–H and O–H groups in total. The van der Waals surface area contributed by atoms with E-state index < -0.39 is 0 Å². The van der Waals surface area contributed by atoms with Gasteiger partial charge in [-0.2, -0.15) is 4.98 Å². The lowest BCUT2D eigenvalue weighted by Gasteiger charge is -2.15. The summed E-state index contributed by atoms with van der Waals surface area (Å²) in [6.07, 6.45) is 3.07. The Labute approximate surface area is 92.5 Å². The molecular formula is C10H12N4O2. The maximum atomic E-state index is 12.0. The first-order valence-corrected chi connectivity index (χ1v) is 4.80. The van der Waals surface area contributed by atoms with Crippen molar-refractivity contribution in [3.8, 4) is 0 Å². The molecular weight excluding hydrogens is 208 g/mol. The SMILES string of the molecule is CN(Cc1ncon1)C(=O)c1cccn1C. The zero-order valence-corrected chi connectivity index (χ0v) is 9.12. The fourth-order valence-electron chi connectivity index (χ4n) is 1.42. The summed E-state index contributed by atoms with van der Waals surface area (Å²) < 4.78 is 6.38. The third kappa shape index (κ3) is 1.95. The first-order chi connectivity index (χ1) is 7.68. The predicted molar refractivity (Wildman–Crippen MR) is 55.5 cm³/mol. The van der Waals surface area contributed by atoms with Crippen LogP contribution in [0.15, 0.2) is 29.2 Å². The molecule has 0 aliphatic rings. The van der Waals surface area contributed by atoms with Gasteiger partial charge in [0.25, 0.3) is 5.91 Å². The Hall–Kier alpha value is -2.11. The number of aryl methyl sites for hydroxylation is 1. The number of aromatic nitrogens is 3. The molecule has 0 unspecified atom stereocenters. The molecule has 0 spiro atoms. The van der Waals surface area contributed by atoms with Crippen molar-refractivity contribution >= 4 is 5.91 Å². The second-order valence-electron chi connectivity index (χ2n) is 3.51. The van der Waals surface area contributed by atoms with Crippen molar-refractivity contribution in [1.29, 1.82) is 0 Å². The van der Waals surface area contributed by atoms with Crippen molar-refractivity contribution < 1.29 is 9.32 Å². The zero-order valence-electron chi connectivity index (χ0n) is 9.12. The van der Waals surface area contributed by atoms with E-state index in [1.165, 1.54) is 6.39 Å². The van der Waals surface area contributed by atoms with Crippen LogP contribution in [-0.2, 0) is 13.6 Å². The van der Waals surface area contributed by atoms with Gasteiger partial charge in [-0.25, -0.2) is 0 Å². The summed E-state index contributed by atoms with van der Waals surface area (Å²) in [7, 11) is 3.53. The molecule has 0 aliphatic carbocycles. The molecule has 6 nitrogen and oxygen atoms in total. The van der Waals surface area contributed by atoms with Crippen LogP contribution in [0.1, 0.15) is 16.3 Å². The molecule has 2 aromatic heterocycles. The Kier molecular flexibility index (Phi) is 2.72. The number of hydrogen-bond donors (Lipinski definition) is 0. The van der Waals surface area contributed by atoms with Gasteiger partial charge >= 0.3 is 0 Å². The van der Waals surface area contributed by atoms with E-state index in [1.54, 1.807) is 22.6 Å². The van der Waals surface area contributed by atoms with Gasteiger partial charge in [0.15, 0.2) is 5.82 Å². The minimum Gasteiger partial charge on any atom is -0.347 e. The van der Waals surface area contributed by atoms with E-state index in [4.69, 9.17) is 0 Å². The molecule has 0 aromatic carbocycles. The van der Waals surface area contributed by atoms with Crippen LogP contribution in [0.4, 0.5) is 0 Å². The largest absolute Gasteiger partial charge is 0.347 e. The monoisotopic (exact) mass is 220 g/mol. The Balaban J connectivity index is 2.08. The summed E-state index contributed by atoms with van der Waals surface area (Å²) in [5, 5.41) is 3.66. The van der Waals surface area contributed by atoms with Crippen molar-refractivity contribution in [3.05, 3.63) is 36.2 Å². The lowest BCUT2D eigenvalue weighted by molar-refractivity contribution is 0.0771. The summed E-state index contributed by atoms with van der Waals surface area (Å²) in [6, 6.07) is 3.60. The Morgan fingerprint density at radius 2 is 2.44 bits per heavy atom. The van der Waals surface area contributed by atoms with Gasteiger partial charge < -0.3 is 14.0 Å². The molecule has 1 amide bonds. The van der Waals surface area contributed by atoms with Gasteiger partial charge in [0, 0.05) is 20.3 Å². The van der Waals surface area contributed by atoms with Crippen LogP contribution in [0.25, 0.3) is 0 Å². The van der Waals surface area contributed by atoms with Gasteiger partial charge in [-0.05, 0) is 12.1 Å². The molecule has 2 heterocycles. The molecule has 0 saturated heterocycles. The number of hydrogen-bond acceptors (Lipinski definition) is 4. The van der Waals surface area contributed by atoms with E-state index in [9.17, 15) is 4.79 Å². The molecule has 0 saturated carbocycles. The second kappa shape index (κ2) is 4.18. The fourth-order valence-corrected chi connectivity index (χ4v) is 1.42. The minimum atomic E-state index is -0.0719. The van der Waals surface area contributed by atoms with E-state index in [0.717, 1.165) is 0 Å². The molecule has 0 bridgehead atoms. The maximum Gasteiger partial charge on any atom is 0.270 e. The first-order valence-electron chi connectivity index (χ1n) is 4.80. The summed E-state index contributed by atoms with van der Waals surface area (Å²) in [5.41, 5.74) is 0.631. The minimum absolute atomic E-state index is 0.0719. The standard InChI is InChI=1S/C10H12N4O2/c1-13-5-3-4-8(13)10(15)14(2)6-9-11-7-16-12-9/h3-5,7H,6H2,1-2H3. The van der Waals surface area contributed by atoms with Crippen molar-refractivity contribution in [2.45, 2.75) is 6.54 Å².